The minimum atomic E-state index is -0.155. The van der Waals surface area contributed by atoms with Crippen LogP contribution in [0, 0.1) is 0 Å². The normalized spacial score (nSPS) is 14.8. The van der Waals surface area contributed by atoms with E-state index in [4.69, 9.17) is 4.74 Å². The highest BCUT2D eigenvalue weighted by Gasteiger charge is 2.20. The Hall–Kier alpha value is -3.08. The first-order chi connectivity index (χ1) is 13.7. The van der Waals surface area contributed by atoms with Gasteiger partial charge in [0.25, 0.3) is 11.5 Å². The number of hydrogen-bond donors (Lipinski definition) is 1. The molecule has 1 aromatic heterocycles. The molecular weight excluding hydrogens is 352 g/mol. The van der Waals surface area contributed by atoms with Gasteiger partial charge in [0.15, 0.2) is 0 Å². The number of amides is 1. The number of ether oxygens (including phenoxy) is 1. The number of nitrogens with one attached hydrogen (secondary N) is 1. The van der Waals surface area contributed by atoms with Crippen molar-refractivity contribution in [2.24, 2.45) is 0 Å². The zero-order valence-corrected chi connectivity index (χ0v) is 16.0. The molecule has 144 valence electrons. The molecule has 28 heavy (non-hydrogen) atoms. The molecule has 4 rings (SSSR count). The van der Waals surface area contributed by atoms with Crippen LogP contribution in [0.4, 0.5) is 0 Å². The SMILES string of the molecule is COc1cccc(-n2cc(C(=O)NC3CCCCC3)c3ccccc3c2=O)c1. The van der Waals surface area contributed by atoms with Gasteiger partial charge in [0.1, 0.15) is 5.75 Å². The molecule has 1 aliphatic rings. The molecule has 0 bridgehead atoms. The number of rotatable bonds is 4. The third kappa shape index (κ3) is 3.52. The second kappa shape index (κ2) is 7.89. The van der Waals surface area contributed by atoms with E-state index >= 15 is 0 Å². The number of fused-ring (bicyclic) bond motifs is 1. The lowest BCUT2D eigenvalue weighted by molar-refractivity contribution is 0.0929. The second-order valence-electron chi connectivity index (χ2n) is 7.27. The predicted molar refractivity (Wildman–Crippen MR) is 110 cm³/mol. The molecule has 0 unspecified atom stereocenters. The molecule has 0 saturated heterocycles. The van der Waals surface area contributed by atoms with E-state index in [1.807, 2.05) is 36.4 Å². The molecular formula is C23H24N2O3. The van der Waals surface area contributed by atoms with Gasteiger partial charge in [0.05, 0.1) is 18.4 Å². The molecule has 5 nitrogen and oxygen atoms in total. The van der Waals surface area contributed by atoms with Gasteiger partial charge in [-0.25, -0.2) is 0 Å². The van der Waals surface area contributed by atoms with Crippen LogP contribution in [-0.4, -0.2) is 23.6 Å². The summed E-state index contributed by atoms with van der Waals surface area (Å²) in [5.74, 6) is 0.533. The first kappa shape index (κ1) is 18.3. The zero-order valence-electron chi connectivity index (χ0n) is 16.0. The Labute approximate surface area is 163 Å². The molecule has 0 radical (unpaired) electrons. The number of hydrogen-bond acceptors (Lipinski definition) is 3. The summed E-state index contributed by atoms with van der Waals surface area (Å²) in [4.78, 5) is 26.2. The van der Waals surface area contributed by atoms with Gasteiger partial charge < -0.3 is 10.1 Å². The lowest BCUT2D eigenvalue weighted by atomic mass is 9.95. The average Bonchev–Trinajstić information content (AvgIpc) is 2.75. The topological polar surface area (TPSA) is 60.3 Å². The van der Waals surface area contributed by atoms with Crippen LogP contribution >= 0.6 is 0 Å². The van der Waals surface area contributed by atoms with Crippen molar-refractivity contribution in [3.8, 4) is 11.4 Å². The fourth-order valence-electron chi connectivity index (χ4n) is 3.93. The van der Waals surface area contributed by atoms with E-state index in [9.17, 15) is 9.59 Å². The van der Waals surface area contributed by atoms with E-state index in [1.165, 1.54) is 11.0 Å². The number of carbonyl (C=O) groups is 1. The molecule has 0 spiro atoms. The van der Waals surface area contributed by atoms with E-state index in [2.05, 4.69) is 5.32 Å². The largest absolute Gasteiger partial charge is 0.497 e. The summed E-state index contributed by atoms with van der Waals surface area (Å²) < 4.78 is 6.82. The maximum atomic E-state index is 13.1. The number of methoxy groups -OCH3 is 1. The number of nitrogens with zero attached hydrogens (tertiary/aromatic N) is 1. The second-order valence-corrected chi connectivity index (χ2v) is 7.27. The van der Waals surface area contributed by atoms with Crippen molar-refractivity contribution >= 4 is 16.7 Å². The minimum Gasteiger partial charge on any atom is -0.497 e. The van der Waals surface area contributed by atoms with Crippen LogP contribution in [0.3, 0.4) is 0 Å². The molecule has 1 saturated carbocycles. The smallest absolute Gasteiger partial charge is 0.262 e. The maximum Gasteiger partial charge on any atom is 0.262 e. The number of aromatic nitrogens is 1. The third-order valence-corrected chi connectivity index (χ3v) is 5.44. The quantitative estimate of drug-likeness (QED) is 0.747. The van der Waals surface area contributed by atoms with Crippen LogP contribution in [0.25, 0.3) is 16.5 Å². The lowest BCUT2D eigenvalue weighted by Crippen LogP contribution is -2.37. The Morgan fingerprint density at radius 2 is 1.79 bits per heavy atom. The summed E-state index contributed by atoms with van der Waals surface area (Å²) in [7, 11) is 1.59. The lowest BCUT2D eigenvalue weighted by Gasteiger charge is -2.23. The zero-order chi connectivity index (χ0) is 19.5. The highest BCUT2D eigenvalue weighted by atomic mass is 16.5. The number of benzene rings is 2. The minimum absolute atomic E-state index is 0.125. The fraction of sp³-hybridized carbons (Fsp3) is 0.304. The Kier molecular flexibility index (Phi) is 5.15. The van der Waals surface area contributed by atoms with E-state index in [1.54, 1.807) is 25.4 Å². The molecule has 1 amide bonds. The Bertz CT molecular complexity index is 1060. The van der Waals surface area contributed by atoms with Gasteiger partial charge in [-0.3, -0.25) is 14.2 Å². The van der Waals surface area contributed by atoms with Crippen molar-refractivity contribution in [3.05, 3.63) is 70.6 Å². The first-order valence-corrected chi connectivity index (χ1v) is 9.77. The van der Waals surface area contributed by atoms with Crippen LogP contribution in [0.15, 0.2) is 59.5 Å². The first-order valence-electron chi connectivity index (χ1n) is 9.77. The Morgan fingerprint density at radius 3 is 2.54 bits per heavy atom. The molecule has 1 aliphatic carbocycles. The van der Waals surface area contributed by atoms with Crippen LogP contribution in [-0.2, 0) is 0 Å². The number of pyridine rings is 1. The van der Waals surface area contributed by atoms with Gasteiger partial charge in [0, 0.05) is 29.1 Å². The van der Waals surface area contributed by atoms with Crippen molar-refractivity contribution in [1.82, 2.24) is 9.88 Å². The van der Waals surface area contributed by atoms with Gasteiger partial charge in [-0.15, -0.1) is 0 Å². The molecule has 0 atom stereocenters. The van der Waals surface area contributed by atoms with Crippen molar-refractivity contribution in [2.45, 2.75) is 38.1 Å². The van der Waals surface area contributed by atoms with Gasteiger partial charge in [-0.2, -0.15) is 0 Å². The molecule has 3 aromatic rings. The monoisotopic (exact) mass is 376 g/mol. The van der Waals surface area contributed by atoms with Crippen molar-refractivity contribution < 1.29 is 9.53 Å². The van der Waals surface area contributed by atoms with Gasteiger partial charge in [0.2, 0.25) is 0 Å². The van der Waals surface area contributed by atoms with Gasteiger partial charge in [-0.05, 0) is 31.0 Å². The summed E-state index contributed by atoms with van der Waals surface area (Å²) in [6, 6.07) is 14.8. The molecule has 5 heteroatoms. The fourth-order valence-corrected chi connectivity index (χ4v) is 3.93. The van der Waals surface area contributed by atoms with Gasteiger partial charge >= 0.3 is 0 Å². The van der Waals surface area contributed by atoms with E-state index < -0.39 is 0 Å². The number of carbonyl (C=O) groups excluding carboxylic acids is 1. The van der Waals surface area contributed by atoms with Crippen molar-refractivity contribution in [2.75, 3.05) is 7.11 Å². The van der Waals surface area contributed by atoms with Crippen molar-refractivity contribution in [1.29, 1.82) is 0 Å². The highest BCUT2D eigenvalue weighted by Crippen LogP contribution is 2.22. The average molecular weight is 376 g/mol. The molecule has 2 aromatic carbocycles. The summed E-state index contributed by atoms with van der Waals surface area (Å²) in [6.07, 6.45) is 7.20. The van der Waals surface area contributed by atoms with Crippen LogP contribution in [0.2, 0.25) is 0 Å². The Morgan fingerprint density at radius 1 is 1.04 bits per heavy atom. The maximum absolute atomic E-state index is 13.1. The standard InChI is InChI=1S/C23H24N2O3/c1-28-18-11-7-10-17(14-18)25-15-21(19-12-5-6-13-20(19)23(25)27)22(26)24-16-8-3-2-4-9-16/h5-7,10-16H,2-4,8-9H2,1H3,(H,24,26). The summed E-state index contributed by atoms with van der Waals surface area (Å²) in [5, 5.41) is 4.38. The summed E-state index contributed by atoms with van der Waals surface area (Å²) >= 11 is 0. The van der Waals surface area contributed by atoms with Crippen LogP contribution in [0.5, 0.6) is 5.75 Å². The molecule has 1 fully saturated rings. The summed E-state index contributed by atoms with van der Waals surface area (Å²) in [6.45, 7) is 0. The molecule has 1 N–H and O–H groups in total. The van der Waals surface area contributed by atoms with E-state index in [0.29, 0.717) is 27.8 Å². The summed E-state index contributed by atoms with van der Waals surface area (Å²) in [5.41, 5.74) is 1.03. The van der Waals surface area contributed by atoms with Crippen molar-refractivity contribution in [3.63, 3.8) is 0 Å². The highest BCUT2D eigenvalue weighted by molar-refractivity contribution is 6.06. The molecule has 0 aliphatic heterocycles. The van der Waals surface area contributed by atoms with Crippen LogP contribution < -0.4 is 15.6 Å². The molecule has 1 heterocycles. The predicted octanol–water partition coefficient (Wildman–Crippen LogP) is 4.06. The Balaban J connectivity index is 1.82. The van der Waals surface area contributed by atoms with E-state index in [0.717, 1.165) is 25.7 Å². The third-order valence-electron chi connectivity index (χ3n) is 5.44. The van der Waals surface area contributed by atoms with Crippen LogP contribution in [0.1, 0.15) is 42.5 Å². The van der Waals surface area contributed by atoms with E-state index in [-0.39, 0.29) is 17.5 Å². The van der Waals surface area contributed by atoms with Gasteiger partial charge in [-0.1, -0.05) is 43.5 Å².